The molecule has 5 rings (SSSR count). The number of aromatic nitrogens is 3. The first-order valence-corrected chi connectivity index (χ1v) is 10.5. The number of nitrogens with zero attached hydrogens (tertiary/aromatic N) is 3. The molecule has 3 saturated carbocycles. The molecule has 8 heteroatoms. The van der Waals surface area contributed by atoms with Crippen molar-refractivity contribution in [3.05, 3.63) is 46.6 Å². The highest BCUT2D eigenvalue weighted by atomic mass is 16.3. The first-order valence-electron chi connectivity index (χ1n) is 10.5. The average Bonchev–Trinajstić information content (AvgIpc) is 2.73. The van der Waals surface area contributed by atoms with Crippen LogP contribution in [0.5, 0.6) is 5.75 Å². The standard InChI is InChI=1S/C22H29N5O3/c1-13-16-8-15(22(16,2)3)9-17(13)26-18-11-25-27(21(30)20(18)29)12-19(28)24-10-14-4-6-23-7-5-14/h4-7,11,13,15-17,26,29H,8-10,12H2,1-3H3,(H,24,28)/t13-,15+,16+,17+/m0/s1. The van der Waals surface area contributed by atoms with E-state index in [0.717, 1.165) is 16.7 Å². The quantitative estimate of drug-likeness (QED) is 0.672. The van der Waals surface area contributed by atoms with E-state index in [9.17, 15) is 14.7 Å². The normalized spacial score (nSPS) is 26.5. The Morgan fingerprint density at radius 3 is 2.70 bits per heavy atom. The van der Waals surface area contributed by atoms with Gasteiger partial charge in [0.2, 0.25) is 11.7 Å². The Morgan fingerprint density at radius 1 is 1.30 bits per heavy atom. The maximum absolute atomic E-state index is 12.5. The number of anilines is 1. The Labute approximate surface area is 175 Å². The van der Waals surface area contributed by atoms with Gasteiger partial charge in [-0.15, -0.1) is 0 Å². The average molecular weight is 412 g/mol. The highest BCUT2D eigenvalue weighted by Gasteiger charge is 2.56. The third-order valence-corrected chi connectivity index (χ3v) is 7.25. The van der Waals surface area contributed by atoms with Gasteiger partial charge in [0.05, 0.1) is 6.20 Å². The molecule has 2 aromatic heterocycles. The van der Waals surface area contributed by atoms with Crippen molar-refractivity contribution in [1.29, 1.82) is 0 Å². The second kappa shape index (κ2) is 7.74. The highest BCUT2D eigenvalue weighted by molar-refractivity contribution is 5.75. The molecule has 2 bridgehead atoms. The number of rotatable bonds is 6. The van der Waals surface area contributed by atoms with Crippen molar-refractivity contribution in [3.63, 3.8) is 0 Å². The highest BCUT2D eigenvalue weighted by Crippen LogP contribution is 2.61. The van der Waals surface area contributed by atoms with Gasteiger partial charge in [0.15, 0.2) is 0 Å². The van der Waals surface area contributed by atoms with Crippen LogP contribution in [-0.2, 0) is 17.9 Å². The molecular weight excluding hydrogens is 382 g/mol. The van der Waals surface area contributed by atoms with Gasteiger partial charge in [-0.25, -0.2) is 4.68 Å². The first kappa shape index (κ1) is 20.4. The number of carbonyl (C=O) groups is 1. The summed E-state index contributed by atoms with van der Waals surface area (Å²) in [6.45, 7) is 6.98. The predicted octanol–water partition coefficient (Wildman–Crippen LogP) is 2.14. The molecular formula is C22H29N5O3. The molecule has 4 atom stereocenters. The summed E-state index contributed by atoms with van der Waals surface area (Å²) in [6.07, 6.45) is 7.01. The summed E-state index contributed by atoms with van der Waals surface area (Å²) in [6, 6.07) is 3.80. The predicted molar refractivity (Wildman–Crippen MR) is 113 cm³/mol. The lowest BCUT2D eigenvalue weighted by Crippen LogP contribution is -2.58. The van der Waals surface area contributed by atoms with Gasteiger partial charge >= 0.3 is 5.56 Å². The van der Waals surface area contributed by atoms with Crippen LogP contribution < -0.4 is 16.2 Å². The van der Waals surface area contributed by atoms with Crippen molar-refractivity contribution in [3.8, 4) is 5.75 Å². The van der Waals surface area contributed by atoms with E-state index in [2.05, 4.69) is 41.5 Å². The minimum absolute atomic E-state index is 0.202. The van der Waals surface area contributed by atoms with E-state index in [1.54, 1.807) is 24.5 Å². The number of hydrogen-bond donors (Lipinski definition) is 3. The van der Waals surface area contributed by atoms with Gasteiger partial charge in [-0.05, 0) is 53.7 Å². The topological polar surface area (TPSA) is 109 Å². The summed E-state index contributed by atoms with van der Waals surface area (Å²) in [5, 5.41) is 20.6. The molecule has 0 radical (unpaired) electrons. The van der Waals surface area contributed by atoms with E-state index in [4.69, 9.17) is 0 Å². The van der Waals surface area contributed by atoms with E-state index >= 15 is 0 Å². The van der Waals surface area contributed by atoms with Crippen LogP contribution in [0.2, 0.25) is 0 Å². The van der Waals surface area contributed by atoms with Gasteiger partial charge in [-0.2, -0.15) is 5.10 Å². The van der Waals surface area contributed by atoms with Crippen LogP contribution in [0.3, 0.4) is 0 Å². The van der Waals surface area contributed by atoms with E-state index < -0.39 is 11.3 Å². The van der Waals surface area contributed by atoms with Crippen molar-refractivity contribution in [2.45, 2.75) is 52.7 Å². The third kappa shape index (κ3) is 3.66. The summed E-state index contributed by atoms with van der Waals surface area (Å²) in [7, 11) is 0. The number of amides is 1. The second-order valence-corrected chi connectivity index (χ2v) is 9.21. The van der Waals surface area contributed by atoms with E-state index in [-0.39, 0.29) is 18.5 Å². The van der Waals surface area contributed by atoms with Crippen LogP contribution >= 0.6 is 0 Å². The minimum Gasteiger partial charge on any atom is -0.502 e. The first-order chi connectivity index (χ1) is 14.3. The maximum Gasteiger partial charge on any atom is 0.311 e. The Balaban J connectivity index is 1.39. The molecule has 3 aliphatic carbocycles. The largest absolute Gasteiger partial charge is 0.502 e. The van der Waals surface area contributed by atoms with E-state index in [0.29, 0.717) is 35.4 Å². The molecule has 3 aliphatic rings. The van der Waals surface area contributed by atoms with Crippen LogP contribution in [0.25, 0.3) is 0 Å². The molecule has 0 spiro atoms. The fraction of sp³-hybridized carbons (Fsp3) is 0.545. The lowest BCUT2D eigenvalue weighted by molar-refractivity contribution is -0.122. The number of pyridine rings is 1. The number of fused-ring (bicyclic) bond motifs is 2. The van der Waals surface area contributed by atoms with Gasteiger partial charge in [-0.1, -0.05) is 20.8 Å². The summed E-state index contributed by atoms with van der Waals surface area (Å²) in [5.41, 5.74) is 0.937. The maximum atomic E-state index is 12.5. The van der Waals surface area contributed by atoms with Gasteiger partial charge in [-0.3, -0.25) is 14.6 Å². The Bertz CT molecular complexity index is 988. The van der Waals surface area contributed by atoms with Crippen LogP contribution in [0.1, 0.15) is 39.2 Å². The molecule has 160 valence electrons. The minimum atomic E-state index is -0.673. The fourth-order valence-corrected chi connectivity index (χ4v) is 5.13. The Kier molecular flexibility index (Phi) is 5.26. The molecule has 3 N–H and O–H groups in total. The van der Waals surface area contributed by atoms with Crippen molar-refractivity contribution >= 4 is 11.6 Å². The van der Waals surface area contributed by atoms with Crippen molar-refractivity contribution in [2.24, 2.45) is 23.2 Å². The van der Waals surface area contributed by atoms with Gasteiger partial charge < -0.3 is 15.7 Å². The Morgan fingerprint density at radius 2 is 2.03 bits per heavy atom. The summed E-state index contributed by atoms with van der Waals surface area (Å²) >= 11 is 0. The van der Waals surface area contributed by atoms with Crippen molar-refractivity contribution in [2.75, 3.05) is 5.32 Å². The number of nitrogens with one attached hydrogen (secondary N) is 2. The van der Waals surface area contributed by atoms with Gasteiger partial charge in [0.25, 0.3) is 0 Å². The van der Waals surface area contributed by atoms with Crippen LogP contribution in [-0.4, -0.2) is 31.8 Å². The van der Waals surface area contributed by atoms with Crippen molar-refractivity contribution in [1.82, 2.24) is 20.1 Å². The van der Waals surface area contributed by atoms with Crippen molar-refractivity contribution < 1.29 is 9.90 Å². The van der Waals surface area contributed by atoms with Crippen LogP contribution in [0.15, 0.2) is 35.5 Å². The van der Waals surface area contributed by atoms with E-state index in [1.807, 2.05) is 0 Å². The molecule has 2 heterocycles. The molecule has 0 saturated heterocycles. The van der Waals surface area contributed by atoms with Crippen LogP contribution in [0, 0.1) is 23.2 Å². The number of aromatic hydroxyl groups is 1. The summed E-state index contributed by atoms with van der Waals surface area (Å²) in [5.74, 6) is 1.01. The molecule has 0 aliphatic heterocycles. The zero-order chi connectivity index (χ0) is 21.5. The SMILES string of the molecule is C[C@H]1[C@H]2C[C@H](C[C@H]1Nc1cnn(CC(=O)NCc3ccncc3)c(=O)c1O)C2(C)C. The smallest absolute Gasteiger partial charge is 0.311 e. The molecule has 30 heavy (non-hydrogen) atoms. The lowest BCUT2D eigenvalue weighted by Gasteiger charge is -2.62. The van der Waals surface area contributed by atoms with Gasteiger partial charge in [0, 0.05) is 25.0 Å². The summed E-state index contributed by atoms with van der Waals surface area (Å²) in [4.78, 5) is 28.6. The van der Waals surface area contributed by atoms with Gasteiger partial charge in [0.1, 0.15) is 12.2 Å². The molecule has 3 fully saturated rings. The van der Waals surface area contributed by atoms with E-state index in [1.165, 1.54) is 12.6 Å². The molecule has 1 amide bonds. The lowest BCUT2D eigenvalue weighted by atomic mass is 9.45. The molecule has 0 aromatic carbocycles. The molecule has 2 aromatic rings. The third-order valence-electron chi connectivity index (χ3n) is 7.25. The van der Waals surface area contributed by atoms with Crippen LogP contribution in [0.4, 0.5) is 5.69 Å². The fourth-order valence-electron chi connectivity index (χ4n) is 5.13. The second-order valence-electron chi connectivity index (χ2n) is 9.21. The molecule has 8 nitrogen and oxygen atoms in total. The summed E-state index contributed by atoms with van der Waals surface area (Å²) < 4.78 is 0.979. The zero-order valence-electron chi connectivity index (χ0n) is 17.6. The number of carbonyl (C=O) groups excluding carboxylic acids is 1. The number of hydrogen-bond acceptors (Lipinski definition) is 6. The monoisotopic (exact) mass is 411 g/mol. The zero-order valence-corrected chi connectivity index (χ0v) is 17.6. The molecule has 0 unspecified atom stereocenters. The Hall–Kier alpha value is -2.90.